The molecule has 0 aromatic heterocycles. The molecule has 1 aromatic rings. The van der Waals surface area contributed by atoms with Gasteiger partial charge in [0.05, 0.1) is 6.10 Å². The van der Waals surface area contributed by atoms with Crippen molar-refractivity contribution in [2.75, 3.05) is 6.61 Å². The van der Waals surface area contributed by atoms with Crippen molar-refractivity contribution in [3.8, 4) is 11.8 Å². The summed E-state index contributed by atoms with van der Waals surface area (Å²) >= 11 is 0. The van der Waals surface area contributed by atoms with E-state index in [0.717, 1.165) is 5.56 Å². The second-order valence-electron chi connectivity index (χ2n) is 3.31. The molecule has 0 spiro atoms. The summed E-state index contributed by atoms with van der Waals surface area (Å²) in [7, 11) is 0. The summed E-state index contributed by atoms with van der Waals surface area (Å²) in [5.74, 6) is 5.82. The van der Waals surface area contributed by atoms with Crippen molar-refractivity contribution in [3.63, 3.8) is 0 Å². The Kier molecular flexibility index (Phi) is 5.54. The summed E-state index contributed by atoms with van der Waals surface area (Å²) < 4.78 is 0. The largest absolute Gasteiger partial charge is 0.396 e. The highest BCUT2D eigenvalue weighted by atomic mass is 16.3. The van der Waals surface area contributed by atoms with Crippen LogP contribution in [0.2, 0.25) is 0 Å². The Hall–Kier alpha value is -1.30. The zero-order valence-electron chi connectivity index (χ0n) is 8.69. The number of hydrogen-bond acceptors (Lipinski definition) is 2. The average molecular weight is 204 g/mol. The van der Waals surface area contributed by atoms with Crippen molar-refractivity contribution in [2.24, 2.45) is 0 Å². The molecule has 2 nitrogen and oxygen atoms in total. The lowest BCUT2D eigenvalue weighted by Gasteiger charge is -2.05. The van der Waals surface area contributed by atoms with Crippen molar-refractivity contribution in [2.45, 2.75) is 25.4 Å². The molecule has 1 rings (SSSR count). The zero-order chi connectivity index (χ0) is 10.9. The summed E-state index contributed by atoms with van der Waals surface area (Å²) in [5.41, 5.74) is 0.897. The normalized spacial score (nSPS) is 11.6. The van der Waals surface area contributed by atoms with E-state index >= 15 is 0 Å². The van der Waals surface area contributed by atoms with Gasteiger partial charge >= 0.3 is 0 Å². The van der Waals surface area contributed by atoms with Gasteiger partial charge in [-0.2, -0.15) is 0 Å². The molecule has 15 heavy (non-hydrogen) atoms. The molecule has 0 heterocycles. The van der Waals surface area contributed by atoms with Gasteiger partial charge in [0, 0.05) is 19.4 Å². The molecule has 0 aliphatic carbocycles. The van der Waals surface area contributed by atoms with Crippen LogP contribution in [-0.4, -0.2) is 16.8 Å². The first-order valence-electron chi connectivity index (χ1n) is 5.14. The van der Waals surface area contributed by atoms with Gasteiger partial charge in [-0.1, -0.05) is 30.3 Å². The number of hydrogen-bond donors (Lipinski definition) is 2. The first-order valence-corrected chi connectivity index (χ1v) is 5.14. The van der Waals surface area contributed by atoms with Crippen molar-refractivity contribution in [3.05, 3.63) is 35.9 Å². The number of aliphatic hydroxyl groups is 2. The summed E-state index contributed by atoms with van der Waals surface area (Å²) in [4.78, 5) is 0. The lowest BCUT2D eigenvalue weighted by Crippen LogP contribution is -1.94. The fraction of sp³-hybridized carbons (Fsp3) is 0.385. The lowest BCUT2D eigenvalue weighted by molar-refractivity contribution is 0.184. The summed E-state index contributed by atoms with van der Waals surface area (Å²) in [5, 5.41) is 18.3. The molecule has 0 saturated heterocycles. The lowest BCUT2D eigenvalue weighted by atomic mass is 10.1. The van der Waals surface area contributed by atoms with Gasteiger partial charge in [-0.15, -0.1) is 11.8 Å². The third-order valence-corrected chi connectivity index (χ3v) is 2.06. The highest BCUT2D eigenvalue weighted by Crippen LogP contribution is 2.14. The van der Waals surface area contributed by atoms with Crippen LogP contribution < -0.4 is 0 Å². The van der Waals surface area contributed by atoms with E-state index in [1.807, 2.05) is 30.3 Å². The number of unbranched alkanes of at least 4 members (excludes halogenated alkanes) is 1. The molecular formula is C13H16O2. The van der Waals surface area contributed by atoms with E-state index in [1.54, 1.807) is 0 Å². The highest BCUT2D eigenvalue weighted by Gasteiger charge is 2.03. The number of rotatable bonds is 4. The molecule has 0 fully saturated rings. The van der Waals surface area contributed by atoms with E-state index in [1.165, 1.54) is 0 Å². The molecule has 0 bridgehead atoms. The highest BCUT2D eigenvalue weighted by molar-refractivity contribution is 5.19. The smallest absolute Gasteiger partial charge is 0.0899 e. The fourth-order valence-electron chi connectivity index (χ4n) is 1.22. The summed E-state index contributed by atoms with van der Waals surface area (Å²) in [6.45, 7) is 0.177. The molecular weight excluding hydrogens is 188 g/mol. The van der Waals surface area contributed by atoms with Crippen LogP contribution in [0.5, 0.6) is 0 Å². The van der Waals surface area contributed by atoms with Crippen LogP contribution >= 0.6 is 0 Å². The number of benzene rings is 1. The van der Waals surface area contributed by atoms with Crippen molar-refractivity contribution >= 4 is 0 Å². The first kappa shape index (κ1) is 11.8. The minimum atomic E-state index is -0.507. The average Bonchev–Trinajstić information content (AvgIpc) is 2.30. The molecule has 0 aliphatic heterocycles. The van der Waals surface area contributed by atoms with Crippen LogP contribution in [0.15, 0.2) is 30.3 Å². The third-order valence-electron chi connectivity index (χ3n) is 2.06. The third kappa shape index (κ3) is 4.64. The Bertz CT molecular complexity index is 321. The Morgan fingerprint density at radius 2 is 1.87 bits per heavy atom. The zero-order valence-corrected chi connectivity index (χ0v) is 8.69. The van der Waals surface area contributed by atoms with Gasteiger partial charge in [0.25, 0.3) is 0 Å². The quantitative estimate of drug-likeness (QED) is 0.580. The Morgan fingerprint density at radius 3 is 2.53 bits per heavy atom. The maximum absolute atomic E-state index is 9.73. The molecule has 80 valence electrons. The predicted molar refractivity (Wildman–Crippen MR) is 60.1 cm³/mol. The molecule has 0 aliphatic rings. The minimum Gasteiger partial charge on any atom is -0.396 e. The molecule has 2 heteroatoms. The molecule has 2 N–H and O–H groups in total. The van der Waals surface area contributed by atoms with Gasteiger partial charge < -0.3 is 10.2 Å². The van der Waals surface area contributed by atoms with Gasteiger partial charge in [-0.3, -0.25) is 0 Å². The van der Waals surface area contributed by atoms with E-state index in [9.17, 15) is 5.11 Å². The summed E-state index contributed by atoms with van der Waals surface area (Å²) in [6, 6.07) is 9.50. The van der Waals surface area contributed by atoms with E-state index < -0.39 is 6.10 Å². The number of aliphatic hydroxyl groups excluding tert-OH is 2. The molecule has 1 aromatic carbocycles. The summed E-state index contributed by atoms with van der Waals surface area (Å²) in [6.07, 6.45) is 1.34. The molecule has 0 amide bonds. The monoisotopic (exact) mass is 204 g/mol. The van der Waals surface area contributed by atoms with Gasteiger partial charge in [0.1, 0.15) is 0 Å². The van der Waals surface area contributed by atoms with Crippen LogP contribution in [0.3, 0.4) is 0 Å². The van der Waals surface area contributed by atoms with Gasteiger partial charge in [0.2, 0.25) is 0 Å². The Morgan fingerprint density at radius 1 is 1.13 bits per heavy atom. The first-order chi connectivity index (χ1) is 7.34. The molecule has 1 unspecified atom stereocenters. The second-order valence-corrected chi connectivity index (χ2v) is 3.31. The maximum Gasteiger partial charge on any atom is 0.0899 e. The fourth-order valence-corrected chi connectivity index (χ4v) is 1.22. The molecule has 0 radical (unpaired) electrons. The SMILES string of the molecule is OCCCC#CCC(O)c1ccccc1. The van der Waals surface area contributed by atoms with Crippen LogP contribution in [-0.2, 0) is 0 Å². The topological polar surface area (TPSA) is 40.5 Å². The standard InChI is InChI=1S/C13H16O2/c14-11-7-2-1-6-10-13(15)12-8-4-3-5-9-12/h3-5,8-9,13-15H,2,7,10-11H2. The van der Waals surface area contributed by atoms with Crippen LogP contribution in [0.1, 0.15) is 30.9 Å². The van der Waals surface area contributed by atoms with Crippen molar-refractivity contribution < 1.29 is 10.2 Å². The van der Waals surface area contributed by atoms with E-state index in [2.05, 4.69) is 11.8 Å². The van der Waals surface area contributed by atoms with Crippen molar-refractivity contribution in [1.29, 1.82) is 0 Å². The van der Waals surface area contributed by atoms with E-state index in [4.69, 9.17) is 5.11 Å². The molecule has 0 saturated carbocycles. The van der Waals surface area contributed by atoms with Gasteiger partial charge in [-0.25, -0.2) is 0 Å². The van der Waals surface area contributed by atoms with E-state index in [0.29, 0.717) is 19.3 Å². The van der Waals surface area contributed by atoms with Crippen molar-refractivity contribution in [1.82, 2.24) is 0 Å². The van der Waals surface area contributed by atoms with Gasteiger partial charge in [-0.05, 0) is 12.0 Å². The predicted octanol–water partition coefficient (Wildman–Crippen LogP) is 1.89. The Labute approximate surface area is 90.6 Å². The van der Waals surface area contributed by atoms with Crippen LogP contribution in [0, 0.1) is 11.8 Å². The maximum atomic E-state index is 9.73. The van der Waals surface area contributed by atoms with Crippen LogP contribution in [0.25, 0.3) is 0 Å². The van der Waals surface area contributed by atoms with Gasteiger partial charge in [0.15, 0.2) is 0 Å². The molecule has 1 atom stereocenters. The second kappa shape index (κ2) is 7.05. The Balaban J connectivity index is 2.35. The van der Waals surface area contributed by atoms with E-state index in [-0.39, 0.29) is 6.61 Å². The minimum absolute atomic E-state index is 0.177. The van der Waals surface area contributed by atoms with Crippen LogP contribution in [0.4, 0.5) is 0 Å².